The number of rotatable bonds is 14. The van der Waals surface area contributed by atoms with E-state index in [2.05, 4.69) is 40.7 Å². The molecule has 5 fully saturated rings. The number of piperazine rings is 2. The Hall–Kier alpha value is -7.15. The van der Waals surface area contributed by atoms with Gasteiger partial charge in [-0.1, -0.05) is 45.0 Å². The predicted molar refractivity (Wildman–Crippen MR) is 331 cm³/mol. The smallest absolute Gasteiger partial charge is 0.391 e. The third-order valence-electron chi connectivity index (χ3n) is 19.2. The van der Waals surface area contributed by atoms with E-state index in [1.807, 2.05) is 100.0 Å². The summed E-state index contributed by atoms with van der Waals surface area (Å²) in [6.45, 7) is 17.9. The van der Waals surface area contributed by atoms with Crippen molar-refractivity contribution in [3.8, 4) is 21.6 Å². The average molecular weight is 1250 g/mol. The number of aliphatic hydroxyl groups is 1. The van der Waals surface area contributed by atoms with Crippen LogP contribution in [0.25, 0.3) is 21.6 Å². The molecule has 0 unspecified atom stereocenters. The Bertz CT molecular complexity index is 3380. The van der Waals surface area contributed by atoms with Crippen molar-refractivity contribution in [2.75, 3.05) is 87.6 Å². The maximum atomic E-state index is 16.3. The minimum absolute atomic E-state index is 0.00178. The molecule has 0 radical (unpaired) electrons. The van der Waals surface area contributed by atoms with E-state index in [0.717, 1.165) is 72.6 Å². The fourth-order valence-electron chi connectivity index (χ4n) is 13.4. The van der Waals surface area contributed by atoms with Crippen molar-refractivity contribution in [2.45, 2.75) is 136 Å². The van der Waals surface area contributed by atoms with Crippen LogP contribution in [-0.2, 0) is 25.4 Å². The fourth-order valence-corrected chi connectivity index (χ4v) is 14.2. The van der Waals surface area contributed by atoms with E-state index in [0.29, 0.717) is 58.1 Å². The van der Waals surface area contributed by atoms with Crippen LogP contribution in [0.2, 0.25) is 0 Å². The Kier molecular flexibility index (Phi) is 19.2. The summed E-state index contributed by atoms with van der Waals surface area (Å²) >= 11 is 1.57. The molecule has 4 N–H and O–H groups in total. The van der Waals surface area contributed by atoms with Gasteiger partial charge in [0.2, 0.25) is 29.6 Å². The number of hydrogen-bond donors (Lipinski definition) is 4. The number of thiazole rings is 1. The molecule has 10 rings (SSSR count). The van der Waals surface area contributed by atoms with Crippen LogP contribution in [0.1, 0.15) is 120 Å². The van der Waals surface area contributed by atoms with Crippen molar-refractivity contribution in [1.82, 2.24) is 45.2 Å². The van der Waals surface area contributed by atoms with E-state index in [1.54, 1.807) is 11.3 Å². The van der Waals surface area contributed by atoms with Crippen molar-refractivity contribution in [3.63, 3.8) is 0 Å². The number of nitrogens with one attached hydrogen (secondary N) is 3. The molecule has 3 aromatic carbocycles. The van der Waals surface area contributed by atoms with Crippen molar-refractivity contribution < 1.29 is 51.0 Å². The second-order valence-electron chi connectivity index (χ2n) is 26.3. The lowest BCUT2D eigenvalue weighted by atomic mass is 9.65. The number of carbonyl (C=O) groups excluding carboxylic acids is 5. The van der Waals surface area contributed by atoms with E-state index in [9.17, 15) is 46.6 Å². The van der Waals surface area contributed by atoms with Gasteiger partial charge in [-0.2, -0.15) is 13.2 Å². The highest BCUT2D eigenvalue weighted by molar-refractivity contribution is 7.13. The summed E-state index contributed by atoms with van der Waals surface area (Å²) in [5, 5.41) is 19.6. The summed E-state index contributed by atoms with van der Waals surface area (Å²) in [6.07, 6.45) is 1.89. The molecule has 1 aliphatic carbocycles. The van der Waals surface area contributed by atoms with Gasteiger partial charge in [-0.05, 0) is 139 Å². The number of amides is 5. The third-order valence-corrected chi connectivity index (χ3v) is 20.1. The molecule has 6 heterocycles. The molecule has 478 valence electrons. The molecule has 5 aliphatic rings. The number of aliphatic hydroxyl groups excluding tert-OH is 1. The number of anilines is 3. The second kappa shape index (κ2) is 26.4. The number of hydrogen-bond acceptors (Lipinski definition) is 14. The van der Waals surface area contributed by atoms with Crippen LogP contribution < -0.4 is 25.8 Å². The van der Waals surface area contributed by atoms with Crippen LogP contribution in [0.5, 0.6) is 0 Å². The maximum absolute atomic E-state index is 16.3. The van der Waals surface area contributed by atoms with Gasteiger partial charge < -0.3 is 40.7 Å². The summed E-state index contributed by atoms with van der Waals surface area (Å²) in [6, 6.07) is 10.2. The SMILES string of the molecule is Cc1ncsc1-c1ccc([C@H](C)NC(=O)[C@@H]2C[C@@H](O)CN2C(=O)[C@@H](NC(=O)C2CCC3(CC2)CCN(CC(=O)N2CCN(c4ncc(-c5cc(NC(=O)c6ccc(F)cc6C(F)(F)F)c(N6C[C@@H](C)N(C)[C@@H](C)C6)cc5F)cn4)CC2)CC3)C(C)(C)C)cc1. The summed E-state index contributed by atoms with van der Waals surface area (Å²) < 4.78 is 72.4. The van der Waals surface area contributed by atoms with Gasteiger partial charge in [0.1, 0.15) is 23.7 Å². The lowest BCUT2D eigenvalue weighted by Gasteiger charge is -2.46. The zero-order valence-electron chi connectivity index (χ0n) is 51.8. The second-order valence-corrected chi connectivity index (χ2v) is 27.1. The molecule has 4 saturated heterocycles. The van der Waals surface area contributed by atoms with Crippen molar-refractivity contribution in [2.24, 2.45) is 16.7 Å². The molecule has 89 heavy (non-hydrogen) atoms. The fraction of sp³-hybridized carbons (Fsp3) is 0.538. The van der Waals surface area contributed by atoms with Gasteiger partial charge in [0, 0.05) is 93.8 Å². The Morgan fingerprint density at radius 2 is 1.44 bits per heavy atom. The summed E-state index contributed by atoms with van der Waals surface area (Å²) in [5.74, 6) is -3.81. The van der Waals surface area contributed by atoms with Crippen molar-refractivity contribution in [1.29, 1.82) is 0 Å². The Morgan fingerprint density at radius 3 is 2.04 bits per heavy atom. The highest BCUT2D eigenvalue weighted by Crippen LogP contribution is 2.47. The molecule has 0 bridgehead atoms. The quantitative estimate of drug-likeness (QED) is 0.0769. The van der Waals surface area contributed by atoms with Crippen LogP contribution in [0, 0.1) is 35.3 Å². The van der Waals surface area contributed by atoms with Crippen molar-refractivity contribution >= 4 is 58.2 Å². The number of aryl methyl sites for hydroxylation is 1. The zero-order valence-corrected chi connectivity index (χ0v) is 52.6. The number of nitrogens with zero attached hydrogens (tertiary/aromatic N) is 9. The third kappa shape index (κ3) is 14.6. The molecular weight excluding hydrogens is 1170 g/mol. The number of piperidine rings is 1. The lowest BCUT2D eigenvalue weighted by molar-refractivity contribution is -0.145. The minimum Gasteiger partial charge on any atom is -0.391 e. The van der Waals surface area contributed by atoms with Crippen LogP contribution in [0.3, 0.4) is 0 Å². The summed E-state index contributed by atoms with van der Waals surface area (Å²) in [5.41, 5.74) is 2.41. The molecule has 6 atom stereocenters. The van der Waals surface area contributed by atoms with E-state index >= 15 is 4.39 Å². The standard InChI is InChI=1S/C65H81F5N12O6S/c1-38-33-81(34-39(2)77(38)8)53-30-51(67)49(29-52(53)75-59(86)48-14-13-46(66)27-50(48)65(68,69)70)45-31-71-62(72-32-45)80-25-23-79(24-26-80)55(84)36-78-21-19-64(20-22-78)17-15-44(16-18-64)58(85)76-57(63(5,6)7)61(88)82-35-47(83)28-54(82)60(87)74-40(3)42-9-11-43(12-10-42)56-41(4)73-37-89-56/h9-14,27,29-32,37-40,44,47,54,57,83H,15-26,28,33-36H2,1-8H3,(H,74,87)(H,75,86)(H,76,85)/t38-,39+,40-,47+,54-,57+/m0/s1. The first-order valence-corrected chi connectivity index (χ1v) is 31.7. The largest absolute Gasteiger partial charge is 0.417 e. The molecule has 1 saturated carbocycles. The van der Waals surface area contributed by atoms with Gasteiger partial charge in [0.05, 0.1) is 57.3 Å². The Balaban J connectivity index is 0.693. The highest BCUT2D eigenvalue weighted by atomic mass is 32.1. The molecular formula is C65H81F5N12O6S. The molecule has 1 spiro atoms. The molecule has 24 heteroatoms. The molecule has 5 aromatic rings. The number of likely N-dealkylation sites (tertiary alicyclic amines) is 2. The van der Waals surface area contributed by atoms with E-state index < -0.39 is 64.4 Å². The number of carbonyl (C=O) groups is 5. The first-order chi connectivity index (χ1) is 42.1. The maximum Gasteiger partial charge on any atom is 0.417 e. The topological polar surface area (TPSA) is 200 Å². The highest BCUT2D eigenvalue weighted by Gasteiger charge is 2.47. The van der Waals surface area contributed by atoms with Crippen LogP contribution in [0.15, 0.2) is 72.5 Å². The van der Waals surface area contributed by atoms with Crippen LogP contribution >= 0.6 is 11.3 Å². The molecule has 2 aromatic heterocycles. The van der Waals surface area contributed by atoms with E-state index in [1.165, 1.54) is 29.4 Å². The molecule has 18 nitrogen and oxygen atoms in total. The van der Waals surface area contributed by atoms with Gasteiger partial charge in [-0.3, -0.25) is 33.8 Å². The van der Waals surface area contributed by atoms with E-state index in [-0.39, 0.29) is 95.3 Å². The van der Waals surface area contributed by atoms with Gasteiger partial charge in [-0.25, -0.2) is 23.7 Å². The van der Waals surface area contributed by atoms with Gasteiger partial charge >= 0.3 is 6.18 Å². The van der Waals surface area contributed by atoms with Crippen LogP contribution in [0.4, 0.5) is 39.3 Å². The minimum atomic E-state index is -5.02. The first kappa shape index (κ1) is 64.8. The Labute approximate surface area is 520 Å². The summed E-state index contributed by atoms with van der Waals surface area (Å²) in [4.78, 5) is 95.8. The lowest BCUT2D eigenvalue weighted by Crippen LogP contribution is -2.58. The zero-order chi connectivity index (χ0) is 63.9. The normalized spacial score (nSPS) is 22.0. The van der Waals surface area contributed by atoms with Crippen molar-refractivity contribution in [3.05, 3.63) is 107 Å². The van der Waals surface area contributed by atoms with Gasteiger partial charge in [0.25, 0.3) is 5.91 Å². The Morgan fingerprint density at radius 1 is 0.787 bits per heavy atom. The number of likely N-dealkylation sites (N-methyl/N-ethyl adjacent to an activating group) is 1. The predicted octanol–water partition coefficient (Wildman–Crippen LogP) is 8.94. The average Bonchev–Trinajstić information content (AvgIpc) is 2.01. The number of halogens is 5. The van der Waals surface area contributed by atoms with Gasteiger partial charge in [0.15, 0.2) is 0 Å². The molecule has 4 aliphatic heterocycles. The van der Waals surface area contributed by atoms with E-state index in [4.69, 9.17) is 0 Å². The molecule has 5 amide bonds. The number of benzene rings is 3. The monoisotopic (exact) mass is 1250 g/mol. The van der Waals surface area contributed by atoms with Gasteiger partial charge in [-0.15, -0.1) is 11.3 Å². The number of β-amino-alcohol motifs (C(OH)–C–C–N with tert-alkyl or cyclic N) is 1. The number of aromatic nitrogens is 3. The number of alkyl halides is 3. The summed E-state index contributed by atoms with van der Waals surface area (Å²) in [7, 11) is 1.97. The van der Waals surface area contributed by atoms with Crippen LogP contribution in [-0.4, -0.2) is 172 Å². The first-order valence-electron chi connectivity index (χ1n) is 30.8.